The molecule has 0 radical (unpaired) electrons. The Kier molecular flexibility index (Phi) is 7.68. The lowest BCUT2D eigenvalue weighted by molar-refractivity contribution is -0.125. The van der Waals surface area contributed by atoms with Crippen molar-refractivity contribution in [1.29, 1.82) is 0 Å². The Labute approximate surface area is 176 Å². The van der Waals surface area contributed by atoms with Crippen LogP contribution in [-0.4, -0.2) is 70.7 Å². The van der Waals surface area contributed by atoms with E-state index < -0.39 is 22.6 Å². The van der Waals surface area contributed by atoms with E-state index in [0.717, 1.165) is 25.7 Å². The first-order chi connectivity index (χ1) is 14.4. The third-order valence-corrected chi connectivity index (χ3v) is 7.21. The summed E-state index contributed by atoms with van der Waals surface area (Å²) in [5.74, 6) is -0.993. The molecule has 2 aliphatic rings. The van der Waals surface area contributed by atoms with Crippen molar-refractivity contribution in [2.24, 2.45) is 0 Å². The molecule has 0 bridgehead atoms. The van der Waals surface area contributed by atoms with Gasteiger partial charge in [0.1, 0.15) is 10.6 Å². The second-order valence-electron chi connectivity index (χ2n) is 7.36. The van der Waals surface area contributed by atoms with Gasteiger partial charge in [0, 0.05) is 19.1 Å². The van der Waals surface area contributed by atoms with Crippen molar-refractivity contribution in [3.63, 3.8) is 0 Å². The topological polar surface area (TPSA) is 111 Å². The molecule has 10 heteroatoms. The molecule has 0 atom stereocenters. The zero-order chi connectivity index (χ0) is 21.6. The van der Waals surface area contributed by atoms with Crippen molar-refractivity contribution < 1.29 is 32.2 Å². The minimum atomic E-state index is -3.87. The third kappa shape index (κ3) is 5.50. The Morgan fingerprint density at radius 1 is 1.17 bits per heavy atom. The van der Waals surface area contributed by atoms with E-state index in [-0.39, 0.29) is 41.2 Å². The fraction of sp³-hybridized carbons (Fsp3) is 0.600. The number of nitrogens with one attached hydrogen (secondary N) is 1. The molecule has 0 unspecified atom stereocenters. The predicted octanol–water partition coefficient (Wildman–Crippen LogP) is 1.32. The number of nitrogens with zero attached hydrogens (tertiary/aromatic N) is 1. The SMILES string of the molecule is COc1ccc(C(=O)OCC(=O)NC2CCCCC2)cc1S(=O)(=O)N1CCOCC1. The lowest BCUT2D eigenvalue weighted by atomic mass is 9.95. The van der Waals surface area contributed by atoms with Gasteiger partial charge in [-0.25, -0.2) is 13.2 Å². The van der Waals surface area contributed by atoms with Crippen LogP contribution in [0.1, 0.15) is 42.5 Å². The summed E-state index contributed by atoms with van der Waals surface area (Å²) >= 11 is 0. The summed E-state index contributed by atoms with van der Waals surface area (Å²) in [6.07, 6.45) is 5.20. The van der Waals surface area contributed by atoms with E-state index in [1.54, 1.807) is 0 Å². The highest BCUT2D eigenvalue weighted by molar-refractivity contribution is 7.89. The number of hydrogen-bond acceptors (Lipinski definition) is 7. The van der Waals surface area contributed by atoms with E-state index in [9.17, 15) is 18.0 Å². The second kappa shape index (κ2) is 10.2. The first-order valence-electron chi connectivity index (χ1n) is 10.1. The van der Waals surface area contributed by atoms with Crippen LogP contribution in [0.3, 0.4) is 0 Å². The number of rotatable bonds is 7. The number of methoxy groups -OCH3 is 1. The van der Waals surface area contributed by atoms with Crippen molar-refractivity contribution in [2.45, 2.75) is 43.0 Å². The fourth-order valence-corrected chi connectivity index (χ4v) is 5.25. The number of benzene rings is 1. The summed E-state index contributed by atoms with van der Waals surface area (Å²) < 4.78 is 42.8. The van der Waals surface area contributed by atoms with E-state index in [1.165, 1.54) is 36.0 Å². The van der Waals surface area contributed by atoms with Crippen LogP contribution in [0.4, 0.5) is 0 Å². The highest BCUT2D eigenvalue weighted by Crippen LogP contribution is 2.28. The van der Waals surface area contributed by atoms with Gasteiger partial charge < -0.3 is 19.5 Å². The van der Waals surface area contributed by atoms with E-state index in [2.05, 4.69) is 5.32 Å². The molecule has 1 amide bonds. The van der Waals surface area contributed by atoms with E-state index >= 15 is 0 Å². The number of ether oxygens (including phenoxy) is 3. The highest BCUT2D eigenvalue weighted by Gasteiger charge is 2.30. The number of sulfonamides is 1. The zero-order valence-corrected chi connectivity index (χ0v) is 17.9. The van der Waals surface area contributed by atoms with Gasteiger partial charge >= 0.3 is 5.97 Å². The zero-order valence-electron chi connectivity index (χ0n) is 17.1. The quantitative estimate of drug-likeness (QED) is 0.637. The van der Waals surface area contributed by atoms with Crippen LogP contribution < -0.4 is 10.1 Å². The molecule has 1 aromatic carbocycles. The summed E-state index contributed by atoms with van der Waals surface area (Å²) in [6.45, 7) is 0.647. The highest BCUT2D eigenvalue weighted by atomic mass is 32.2. The molecule has 1 saturated carbocycles. The molecule has 0 spiro atoms. The van der Waals surface area contributed by atoms with Crippen molar-refractivity contribution >= 4 is 21.9 Å². The first kappa shape index (κ1) is 22.5. The lowest BCUT2D eigenvalue weighted by Gasteiger charge is -2.26. The average molecular weight is 441 g/mol. The Morgan fingerprint density at radius 3 is 2.53 bits per heavy atom. The fourth-order valence-electron chi connectivity index (χ4n) is 3.66. The van der Waals surface area contributed by atoms with Crippen molar-refractivity contribution in [3.8, 4) is 5.75 Å². The predicted molar refractivity (Wildman–Crippen MR) is 108 cm³/mol. The molecular weight excluding hydrogens is 412 g/mol. The van der Waals surface area contributed by atoms with Crippen molar-refractivity contribution in [2.75, 3.05) is 40.0 Å². The Hall–Kier alpha value is -2.17. The van der Waals surface area contributed by atoms with E-state index in [1.807, 2.05) is 0 Å². The molecule has 1 heterocycles. The van der Waals surface area contributed by atoms with Gasteiger partial charge in [0.05, 0.1) is 25.9 Å². The van der Waals surface area contributed by atoms with Gasteiger partial charge in [-0.3, -0.25) is 4.79 Å². The number of amides is 1. The van der Waals surface area contributed by atoms with Gasteiger partial charge in [-0.2, -0.15) is 4.31 Å². The van der Waals surface area contributed by atoms with Gasteiger partial charge in [-0.1, -0.05) is 19.3 Å². The molecule has 0 aromatic heterocycles. The summed E-state index contributed by atoms with van der Waals surface area (Å²) in [5.41, 5.74) is 0.0353. The van der Waals surface area contributed by atoms with Crippen molar-refractivity contribution in [1.82, 2.24) is 9.62 Å². The lowest BCUT2D eigenvalue weighted by Crippen LogP contribution is -2.40. The number of carbonyl (C=O) groups is 2. The largest absolute Gasteiger partial charge is 0.495 e. The normalized spacial score (nSPS) is 18.6. The monoisotopic (exact) mass is 440 g/mol. The number of morpholine rings is 1. The average Bonchev–Trinajstić information content (AvgIpc) is 2.78. The Bertz CT molecular complexity index is 860. The summed E-state index contributed by atoms with van der Waals surface area (Å²) in [6, 6.07) is 4.17. The molecule has 1 saturated heterocycles. The van der Waals surface area contributed by atoms with Crippen LogP contribution >= 0.6 is 0 Å². The molecule has 30 heavy (non-hydrogen) atoms. The van der Waals surface area contributed by atoms with Crippen LogP contribution in [0.25, 0.3) is 0 Å². The molecule has 9 nitrogen and oxygen atoms in total. The van der Waals surface area contributed by atoms with Gasteiger partial charge in [-0.05, 0) is 31.0 Å². The maximum Gasteiger partial charge on any atom is 0.338 e. The van der Waals surface area contributed by atoms with Gasteiger partial charge in [-0.15, -0.1) is 0 Å². The van der Waals surface area contributed by atoms with Gasteiger partial charge in [0.25, 0.3) is 5.91 Å². The minimum Gasteiger partial charge on any atom is -0.495 e. The number of hydrogen-bond donors (Lipinski definition) is 1. The van der Waals surface area contributed by atoms with E-state index in [4.69, 9.17) is 14.2 Å². The third-order valence-electron chi connectivity index (χ3n) is 5.29. The van der Waals surface area contributed by atoms with Crippen LogP contribution in [0.2, 0.25) is 0 Å². The maximum atomic E-state index is 13.0. The van der Waals surface area contributed by atoms with Gasteiger partial charge in [0.15, 0.2) is 6.61 Å². The first-order valence-corrected chi connectivity index (χ1v) is 11.6. The second-order valence-corrected chi connectivity index (χ2v) is 9.27. The summed E-state index contributed by atoms with van der Waals surface area (Å²) in [7, 11) is -2.51. The van der Waals surface area contributed by atoms with Crippen LogP contribution in [0.5, 0.6) is 5.75 Å². The van der Waals surface area contributed by atoms with Crippen LogP contribution in [0.15, 0.2) is 23.1 Å². The Balaban J connectivity index is 1.67. The molecule has 3 rings (SSSR count). The Morgan fingerprint density at radius 2 is 1.87 bits per heavy atom. The summed E-state index contributed by atoms with van der Waals surface area (Å²) in [4.78, 5) is 24.4. The van der Waals surface area contributed by atoms with Crippen LogP contribution in [-0.2, 0) is 24.3 Å². The molecular formula is C20H28N2O7S. The smallest absolute Gasteiger partial charge is 0.338 e. The van der Waals surface area contributed by atoms with Gasteiger partial charge in [0.2, 0.25) is 10.0 Å². The maximum absolute atomic E-state index is 13.0. The molecule has 166 valence electrons. The van der Waals surface area contributed by atoms with Crippen molar-refractivity contribution in [3.05, 3.63) is 23.8 Å². The number of carbonyl (C=O) groups excluding carboxylic acids is 2. The molecule has 1 N–H and O–H groups in total. The standard InChI is InChI=1S/C20H28N2O7S/c1-27-17-8-7-15(13-18(17)30(25,26)22-9-11-28-12-10-22)20(24)29-14-19(23)21-16-5-3-2-4-6-16/h7-8,13,16H,2-6,9-12,14H2,1H3,(H,21,23). The number of esters is 1. The summed E-state index contributed by atoms with van der Waals surface area (Å²) in [5, 5.41) is 2.87. The molecule has 1 aliphatic heterocycles. The molecule has 1 aliphatic carbocycles. The van der Waals surface area contributed by atoms with E-state index in [0.29, 0.717) is 13.2 Å². The molecule has 2 fully saturated rings. The minimum absolute atomic E-state index is 0.0353. The van der Waals surface area contributed by atoms with Crippen LogP contribution in [0, 0.1) is 0 Å². The molecule has 1 aromatic rings.